The normalized spacial score (nSPS) is 12.5. The standard InChI is InChI=1S/C35H40ClF3N4O5S2/c1-35(2,23-9-14-28(36)31(17-23)48-6)32-20-40-34(42(32)25-12-10-24(37)11-13-25)49-22-27-29(38)18-26(19-30(27)39)50(46,47)41(21-33(44)45)15-7-8-16-43(3,4)5/h9-14,17-20H,7-8,15-16,21-22H2,1-6H3/p+1. The Hall–Kier alpha value is -3.56. The summed E-state index contributed by atoms with van der Waals surface area (Å²) in [6.07, 6.45) is 2.62. The van der Waals surface area contributed by atoms with Gasteiger partial charge in [0.15, 0.2) is 5.16 Å². The Balaban J connectivity index is 1.66. The summed E-state index contributed by atoms with van der Waals surface area (Å²) in [6.45, 7) is 3.67. The highest BCUT2D eigenvalue weighted by Crippen LogP contribution is 2.39. The molecule has 0 unspecified atom stereocenters. The van der Waals surface area contributed by atoms with E-state index in [9.17, 15) is 22.7 Å². The van der Waals surface area contributed by atoms with Gasteiger partial charge in [-0.1, -0.05) is 43.3 Å². The molecular formula is C35H41ClF3N4O5S2+. The maximum atomic E-state index is 15.5. The molecule has 0 radical (unpaired) electrons. The van der Waals surface area contributed by atoms with Gasteiger partial charge >= 0.3 is 5.97 Å². The number of quaternary nitrogens is 1. The van der Waals surface area contributed by atoms with E-state index >= 15 is 8.78 Å². The van der Waals surface area contributed by atoms with Crippen LogP contribution in [-0.4, -0.2) is 85.7 Å². The number of aromatic nitrogens is 2. The summed E-state index contributed by atoms with van der Waals surface area (Å²) in [4.78, 5) is 15.4. The van der Waals surface area contributed by atoms with Crippen LogP contribution in [0.5, 0.6) is 5.75 Å². The lowest BCUT2D eigenvalue weighted by atomic mass is 9.81. The average molecular weight is 754 g/mol. The van der Waals surface area contributed by atoms with Crippen LogP contribution in [-0.2, 0) is 26.0 Å². The third kappa shape index (κ3) is 9.21. The van der Waals surface area contributed by atoms with E-state index in [-0.39, 0.29) is 12.3 Å². The molecule has 0 aliphatic heterocycles. The Labute approximate surface area is 300 Å². The third-order valence-corrected chi connectivity index (χ3v) is 11.3. The van der Waals surface area contributed by atoms with Gasteiger partial charge in [-0.25, -0.2) is 26.6 Å². The van der Waals surface area contributed by atoms with Crippen molar-refractivity contribution in [2.24, 2.45) is 0 Å². The molecule has 0 aliphatic carbocycles. The fourth-order valence-corrected chi connectivity index (χ4v) is 8.03. The number of ether oxygens (including phenoxy) is 1. The molecule has 1 heterocycles. The first-order valence-electron chi connectivity index (χ1n) is 15.7. The summed E-state index contributed by atoms with van der Waals surface area (Å²) in [5.74, 6) is -3.84. The minimum Gasteiger partial charge on any atom is -0.495 e. The van der Waals surface area contributed by atoms with E-state index in [0.29, 0.717) is 56.8 Å². The molecule has 4 aromatic rings. The van der Waals surface area contributed by atoms with Gasteiger partial charge in [-0.05, 0) is 66.9 Å². The molecule has 0 spiro atoms. The molecule has 1 aromatic heterocycles. The number of methoxy groups -OCH3 is 1. The SMILES string of the molecule is COc1cc(C(C)(C)c2cnc(SCc3c(F)cc(S(=O)(=O)N(CCCC[N+](C)(C)C)CC(=O)O)cc3F)n2-c2ccc(F)cc2)ccc1Cl. The molecule has 0 saturated heterocycles. The van der Waals surface area contributed by atoms with Crippen LogP contribution in [0.15, 0.2) is 70.8 Å². The van der Waals surface area contributed by atoms with Crippen LogP contribution in [0.1, 0.15) is 43.5 Å². The van der Waals surface area contributed by atoms with Crippen LogP contribution in [0.3, 0.4) is 0 Å². The van der Waals surface area contributed by atoms with Gasteiger partial charge in [0, 0.05) is 29.0 Å². The molecule has 0 fully saturated rings. The van der Waals surface area contributed by atoms with Gasteiger partial charge in [0.1, 0.15) is 29.7 Å². The number of aliphatic carboxylic acids is 1. The van der Waals surface area contributed by atoms with Gasteiger partial charge in [0.25, 0.3) is 0 Å². The quantitative estimate of drug-likeness (QED) is 0.0738. The minimum atomic E-state index is -4.54. The Bertz CT molecular complexity index is 1930. The number of imidazole rings is 1. The number of carboxylic acids is 1. The van der Waals surface area contributed by atoms with Crippen LogP contribution in [0, 0.1) is 17.5 Å². The molecule has 0 bridgehead atoms. The van der Waals surface area contributed by atoms with E-state index in [1.807, 2.05) is 41.1 Å². The molecule has 0 saturated carbocycles. The maximum Gasteiger partial charge on any atom is 0.318 e. The molecular weight excluding hydrogens is 713 g/mol. The molecule has 0 amide bonds. The monoisotopic (exact) mass is 753 g/mol. The Morgan fingerprint density at radius 1 is 1.04 bits per heavy atom. The van der Waals surface area contributed by atoms with E-state index in [1.54, 1.807) is 35.0 Å². The number of unbranched alkanes of at least 4 members (excludes halogenated alkanes) is 1. The number of hydrogen-bond donors (Lipinski definition) is 1. The highest BCUT2D eigenvalue weighted by Gasteiger charge is 2.32. The zero-order chi connectivity index (χ0) is 37.0. The molecule has 4 rings (SSSR count). The maximum absolute atomic E-state index is 15.5. The van der Waals surface area contributed by atoms with Crippen molar-refractivity contribution in [3.8, 4) is 11.4 Å². The Morgan fingerprint density at radius 2 is 1.68 bits per heavy atom. The van der Waals surface area contributed by atoms with Crippen molar-refractivity contribution in [3.05, 3.63) is 100 Å². The first-order valence-corrected chi connectivity index (χ1v) is 18.5. The number of carbonyl (C=O) groups is 1. The lowest BCUT2D eigenvalue weighted by Crippen LogP contribution is -2.38. The lowest BCUT2D eigenvalue weighted by Gasteiger charge is -2.28. The average Bonchev–Trinajstić information content (AvgIpc) is 3.46. The van der Waals surface area contributed by atoms with Gasteiger partial charge in [-0.15, -0.1) is 0 Å². The Kier molecular flexibility index (Phi) is 12.4. The highest BCUT2D eigenvalue weighted by atomic mass is 35.5. The Morgan fingerprint density at radius 3 is 2.26 bits per heavy atom. The van der Waals surface area contributed by atoms with Crippen LogP contribution in [0.2, 0.25) is 5.02 Å². The largest absolute Gasteiger partial charge is 0.495 e. The van der Waals surface area contributed by atoms with Crippen molar-refractivity contribution in [2.45, 2.75) is 47.9 Å². The number of nitrogens with zero attached hydrogens (tertiary/aromatic N) is 4. The first-order chi connectivity index (χ1) is 23.3. The summed E-state index contributed by atoms with van der Waals surface area (Å²) < 4.78 is 80.4. The highest BCUT2D eigenvalue weighted by molar-refractivity contribution is 7.98. The second kappa shape index (κ2) is 15.8. The topological polar surface area (TPSA) is 102 Å². The number of halogens is 4. The number of carboxylic acid groups (broad SMARTS) is 1. The third-order valence-electron chi connectivity index (χ3n) is 8.22. The first kappa shape index (κ1) is 39.2. The number of sulfonamides is 1. The minimum absolute atomic E-state index is 0.122. The van der Waals surface area contributed by atoms with Gasteiger partial charge in [0.2, 0.25) is 10.0 Å². The van der Waals surface area contributed by atoms with Gasteiger partial charge < -0.3 is 14.3 Å². The summed E-state index contributed by atoms with van der Waals surface area (Å²) in [5, 5.41) is 10.2. The summed E-state index contributed by atoms with van der Waals surface area (Å²) >= 11 is 7.28. The van der Waals surface area contributed by atoms with Crippen molar-refractivity contribution < 1.29 is 40.7 Å². The summed E-state index contributed by atoms with van der Waals surface area (Å²) in [5.41, 5.74) is 0.964. The molecule has 0 aliphatic rings. The number of benzene rings is 3. The van der Waals surface area contributed by atoms with E-state index in [1.165, 1.54) is 19.2 Å². The van der Waals surface area contributed by atoms with Crippen molar-refractivity contribution in [1.82, 2.24) is 13.9 Å². The fourth-order valence-electron chi connectivity index (χ4n) is 5.38. The fraction of sp³-hybridized carbons (Fsp3) is 0.371. The van der Waals surface area contributed by atoms with Crippen LogP contribution >= 0.6 is 23.4 Å². The zero-order valence-electron chi connectivity index (χ0n) is 28.7. The molecule has 270 valence electrons. The van der Waals surface area contributed by atoms with Crippen molar-refractivity contribution in [1.29, 1.82) is 0 Å². The van der Waals surface area contributed by atoms with Gasteiger partial charge in [-0.3, -0.25) is 9.36 Å². The van der Waals surface area contributed by atoms with Crippen molar-refractivity contribution >= 4 is 39.4 Å². The molecule has 3 aromatic carbocycles. The predicted octanol–water partition coefficient (Wildman–Crippen LogP) is 7.13. The second-order valence-corrected chi connectivity index (χ2v) is 16.6. The van der Waals surface area contributed by atoms with Crippen LogP contribution in [0.4, 0.5) is 13.2 Å². The van der Waals surface area contributed by atoms with Crippen molar-refractivity contribution in [3.63, 3.8) is 0 Å². The second-order valence-electron chi connectivity index (χ2n) is 13.3. The number of hydrogen-bond acceptors (Lipinski definition) is 6. The molecule has 50 heavy (non-hydrogen) atoms. The van der Waals surface area contributed by atoms with Gasteiger partial charge in [0.05, 0.1) is 56.6 Å². The van der Waals surface area contributed by atoms with Crippen LogP contribution < -0.4 is 4.74 Å². The van der Waals surface area contributed by atoms with E-state index in [2.05, 4.69) is 4.98 Å². The lowest BCUT2D eigenvalue weighted by molar-refractivity contribution is -0.870. The predicted molar refractivity (Wildman–Crippen MR) is 188 cm³/mol. The van der Waals surface area contributed by atoms with Gasteiger partial charge in [-0.2, -0.15) is 4.31 Å². The van der Waals surface area contributed by atoms with Crippen LogP contribution in [0.25, 0.3) is 5.69 Å². The molecule has 0 atom stereocenters. The van der Waals surface area contributed by atoms with E-state index in [0.717, 1.165) is 28.2 Å². The van der Waals surface area contributed by atoms with Crippen molar-refractivity contribution in [2.75, 3.05) is 47.9 Å². The molecule has 15 heteroatoms. The van der Waals surface area contributed by atoms with E-state index < -0.39 is 55.9 Å². The number of rotatable bonds is 16. The number of thioether (sulfide) groups is 1. The van der Waals surface area contributed by atoms with E-state index in [4.69, 9.17) is 16.3 Å². The smallest absolute Gasteiger partial charge is 0.318 e. The summed E-state index contributed by atoms with van der Waals surface area (Å²) in [6, 6.07) is 12.5. The summed E-state index contributed by atoms with van der Waals surface area (Å²) in [7, 11) is 2.91. The zero-order valence-corrected chi connectivity index (χ0v) is 31.1. The molecule has 9 nitrogen and oxygen atoms in total. The molecule has 1 N–H and O–H groups in total.